The molecule has 0 aliphatic carbocycles. The van der Waals surface area contributed by atoms with E-state index in [0.29, 0.717) is 23.9 Å². The molecule has 3 rings (SSSR count). The van der Waals surface area contributed by atoms with E-state index in [1.807, 2.05) is 32.9 Å². The molecule has 0 amide bonds. The zero-order valence-corrected chi connectivity index (χ0v) is 16.4. The largest absolute Gasteiger partial charge is 0.491 e. The molecule has 140 valence electrons. The molecule has 6 heteroatoms. The molecule has 0 N–H and O–H groups in total. The van der Waals surface area contributed by atoms with Gasteiger partial charge in [-0.1, -0.05) is 0 Å². The van der Waals surface area contributed by atoms with Crippen LogP contribution in [0.5, 0.6) is 5.75 Å². The van der Waals surface area contributed by atoms with Gasteiger partial charge in [0.2, 0.25) is 10.0 Å². The Kier molecular flexibility index (Phi) is 5.63. The zero-order valence-electron chi connectivity index (χ0n) is 15.6. The lowest BCUT2D eigenvalue weighted by Crippen LogP contribution is -2.37. The first-order valence-corrected chi connectivity index (χ1v) is 10.5. The number of benzene rings is 1. The summed E-state index contributed by atoms with van der Waals surface area (Å²) in [5, 5.41) is 0. The number of hydrogen-bond donors (Lipinski definition) is 0. The highest BCUT2D eigenvalue weighted by atomic mass is 32.2. The molecule has 0 bridgehead atoms. The van der Waals surface area contributed by atoms with Gasteiger partial charge in [-0.25, -0.2) is 8.42 Å². The molecule has 1 fully saturated rings. The summed E-state index contributed by atoms with van der Waals surface area (Å²) in [6.07, 6.45) is 5.31. The summed E-state index contributed by atoms with van der Waals surface area (Å²) in [5.41, 5.74) is 2.08. The van der Waals surface area contributed by atoms with Crippen LogP contribution in [0.3, 0.4) is 0 Å². The number of nitrogens with zero attached hydrogens (tertiary/aromatic N) is 2. The molecule has 2 heterocycles. The lowest BCUT2D eigenvalue weighted by Gasteiger charge is -2.31. The van der Waals surface area contributed by atoms with E-state index >= 15 is 0 Å². The van der Waals surface area contributed by atoms with Crippen LogP contribution in [-0.4, -0.2) is 36.9 Å². The van der Waals surface area contributed by atoms with Gasteiger partial charge in [0.05, 0.1) is 11.0 Å². The normalized spacial score (nSPS) is 16.8. The fourth-order valence-electron chi connectivity index (χ4n) is 3.38. The van der Waals surface area contributed by atoms with Gasteiger partial charge in [-0.15, -0.1) is 0 Å². The molecule has 1 aliphatic rings. The Morgan fingerprint density at radius 1 is 1.12 bits per heavy atom. The second-order valence-electron chi connectivity index (χ2n) is 7.05. The minimum absolute atomic E-state index is 0.0587. The highest BCUT2D eigenvalue weighted by molar-refractivity contribution is 7.89. The Bertz CT molecular complexity index is 843. The fraction of sp³-hybridized carbons (Fsp3) is 0.450. The second kappa shape index (κ2) is 7.76. The van der Waals surface area contributed by atoms with Crippen molar-refractivity contribution in [3.05, 3.63) is 53.9 Å². The van der Waals surface area contributed by atoms with Crippen molar-refractivity contribution < 1.29 is 13.2 Å². The van der Waals surface area contributed by atoms with E-state index in [1.54, 1.807) is 34.9 Å². The summed E-state index contributed by atoms with van der Waals surface area (Å²) in [6.45, 7) is 6.87. The topological polar surface area (TPSA) is 59.5 Å². The highest BCUT2D eigenvalue weighted by Gasteiger charge is 2.30. The number of aromatic nitrogens is 1. The smallest absolute Gasteiger partial charge is 0.243 e. The molecule has 1 saturated heterocycles. The molecule has 5 nitrogen and oxygen atoms in total. The molecular formula is C20H26N2O3S. The number of sulfonamides is 1. The quantitative estimate of drug-likeness (QED) is 0.800. The Morgan fingerprint density at radius 3 is 2.35 bits per heavy atom. The predicted molar refractivity (Wildman–Crippen MR) is 102 cm³/mol. The van der Waals surface area contributed by atoms with E-state index in [-0.39, 0.29) is 6.10 Å². The highest BCUT2D eigenvalue weighted by Crippen LogP contribution is 2.31. The molecule has 0 saturated carbocycles. The lowest BCUT2D eigenvalue weighted by molar-refractivity contribution is 0.240. The van der Waals surface area contributed by atoms with E-state index in [4.69, 9.17) is 4.74 Å². The standard InChI is InChI=1S/C20H26N2O3S/c1-15(2)25-20-5-4-19(14-16(20)3)26(23,24)22-12-8-18(9-13-22)17-6-10-21-11-7-17/h4-7,10-11,14-15,18H,8-9,12-13H2,1-3H3. The Balaban J connectivity index is 1.72. The van der Waals surface area contributed by atoms with Crippen LogP contribution in [0.15, 0.2) is 47.6 Å². The molecule has 1 aliphatic heterocycles. The minimum Gasteiger partial charge on any atom is -0.491 e. The van der Waals surface area contributed by atoms with Crippen LogP contribution < -0.4 is 4.74 Å². The van der Waals surface area contributed by atoms with Gasteiger partial charge in [0.1, 0.15) is 5.75 Å². The summed E-state index contributed by atoms with van der Waals surface area (Å²) in [7, 11) is -3.47. The monoisotopic (exact) mass is 374 g/mol. The van der Waals surface area contributed by atoms with Crippen molar-refractivity contribution in [1.82, 2.24) is 9.29 Å². The molecule has 26 heavy (non-hydrogen) atoms. The summed E-state index contributed by atoms with van der Waals surface area (Å²) in [6, 6.07) is 9.15. The number of pyridine rings is 1. The van der Waals surface area contributed by atoms with Crippen molar-refractivity contribution in [3.8, 4) is 5.75 Å². The number of ether oxygens (including phenoxy) is 1. The molecule has 1 aromatic carbocycles. The SMILES string of the molecule is Cc1cc(S(=O)(=O)N2CCC(c3ccncc3)CC2)ccc1OC(C)C. The van der Waals surface area contributed by atoms with Crippen LogP contribution in [-0.2, 0) is 10.0 Å². The molecule has 1 aromatic heterocycles. The van der Waals surface area contributed by atoms with E-state index in [0.717, 1.165) is 24.2 Å². The first kappa shape index (κ1) is 18.9. The molecule has 0 spiro atoms. The molecule has 2 aromatic rings. The van der Waals surface area contributed by atoms with Gasteiger partial charge in [-0.05, 0) is 81.0 Å². The lowest BCUT2D eigenvalue weighted by atomic mass is 9.91. The van der Waals surface area contributed by atoms with Crippen molar-refractivity contribution in [2.75, 3.05) is 13.1 Å². The van der Waals surface area contributed by atoms with E-state index in [9.17, 15) is 8.42 Å². The van der Waals surface area contributed by atoms with Gasteiger partial charge in [0.25, 0.3) is 0 Å². The summed E-state index contributed by atoms with van der Waals surface area (Å²) in [5.74, 6) is 1.13. The van der Waals surface area contributed by atoms with Gasteiger partial charge in [-0.3, -0.25) is 4.98 Å². The van der Waals surface area contributed by atoms with Gasteiger partial charge in [-0.2, -0.15) is 4.31 Å². The average molecular weight is 375 g/mol. The maximum atomic E-state index is 13.0. The summed E-state index contributed by atoms with van der Waals surface area (Å²) in [4.78, 5) is 4.39. The van der Waals surface area contributed by atoms with Crippen LogP contribution in [0.1, 0.15) is 43.7 Å². The van der Waals surface area contributed by atoms with Gasteiger partial charge in [0, 0.05) is 25.5 Å². The van der Waals surface area contributed by atoms with Gasteiger partial charge >= 0.3 is 0 Å². The Hall–Kier alpha value is -1.92. The van der Waals surface area contributed by atoms with Gasteiger partial charge < -0.3 is 4.74 Å². The van der Waals surface area contributed by atoms with E-state index < -0.39 is 10.0 Å². The number of hydrogen-bond acceptors (Lipinski definition) is 4. The minimum atomic E-state index is -3.47. The molecule has 0 atom stereocenters. The number of aryl methyl sites for hydroxylation is 1. The van der Waals surface area contributed by atoms with E-state index in [2.05, 4.69) is 4.98 Å². The summed E-state index contributed by atoms with van der Waals surface area (Å²) < 4.78 is 33.3. The van der Waals surface area contributed by atoms with Crippen molar-refractivity contribution in [2.45, 2.75) is 50.5 Å². The second-order valence-corrected chi connectivity index (χ2v) is 8.99. The first-order valence-electron chi connectivity index (χ1n) is 9.05. The Labute approximate surface area is 156 Å². The number of piperidine rings is 1. The maximum absolute atomic E-state index is 13.0. The molecule has 0 unspecified atom stereocenters. The fourth-order valence-corrected chi connectivity index (χ4v) is 4.94. The van der Waals surface area contributed by atoms with E-state index in [1.165, 1.54) is 5.56 Å². The summed E-state index contributed by atoms with van der Waals surface area (Å²) >= 11 is 0. The average Bonchev–Trinajstić information content (AvgIpc) is 2.64. The van der Waals surface area contributed by atoms with Crippen molar-refractivity contribution in [3.63, 3.8) is 0 Å². The van der Waals surface area contributed by atoms with Crippen molar-refractivity contribution in [1.29, 1.82) is 0 Å². The van der Waals surface area contributed by atoms with Crippen LogP contribution in [0.2, 0.25) is 0 Å². The van der Waals surface area contributed by atoms with Crippen LogP contribution in [0, 0.1) is 6.92 Å². The molecule has 0 radical (unpaired) electrons. The maximum Gasteiger partial charge on any atom is 0.243 e. The van der Waals surface area contributed by atoms with Crippen LogP contribution >= 0.6 is 0 Å². The molecular weight excluding hydrogens is 348 g/mol. The third-order valence-electron chi connectivity index (χ3n) is 4.78. The predicted octanol–water partition coefficient (Wildman–Crippen LogP) is 3.75. The third-order valence-corrected chi connectivity index (χ3v) is 6.67. The van der Waals surface area contributed by atoms with Crippen LogP contribution in [0.4, 0.5) is 0 Å². The van der Waals surface area contributed by atoms with Gasteiger partial charge in [0.15, 0.2) is 0 Å². The number of rotatable bonds is 5. The zero-order chi connectivity index (χ0) is 18.7. The Morgan fingerprint density at radius 2 is 1.77 bits per heavy atom. The first-order chi connectivity index (χ1) is 12.4. The van der Waals surface area contributed by atoms with Crippen molar-refractivity contribution >= 4 is 10.0 Å². The van der Waals surface area contributed by atoms with Crippen molar-refractivity contribution in [2.24, 2.45) is 0 Å². The van der Waals surface area contributed by atoms with Crippen LogP contribution in [0.25, 0.3) is 0 Å². The third kappa shape index (κ3) is 4.07.